The van der Waals surface area contributed by atoms with Crippen LogP contribution in [0, 0.1) is 0 Å². The number of hydrogen-bond acceptors (Lipinski definition) is 3. The van der Waals surface area contributed by atoms with Crippen molar-refractivity contribution in [2.75, 3.05) is 19.0 Å². The minimum atomic E-state index is -0.0337. The lowest BCUT2D eigenvalue weighted by Crippen LogP contribution is -2.30. The monoisotopic (exact) mass is 324 g/mol. The zero-order valence-electron chi connectivity index (χ0n) is 14.2. The van der Waals surface area contributed by atoms with Crippen molar-refractivity contribution < 1.29 is 9.53 Å². The maximum Gasteiger partial charge on any atom is 0.221 e. The summed E-state index contributed by atoms with van der Waals surface area (Å²) in [5.74, 6) is 1.34. The van der Waals surface area contributed by atoms with Gasteiger partial charge in [0.05, 0.1) is 7.11 Å². The van der Waals surface area contributed by atoms with Crippen LogP contribution in [0.5, 0.6) is 5.75 Å². The molecule has 24 heavy (non-hydrogen) atoms. The molecule has 1 amide bonds. The van der Waals surface area contributed by atoms with E-state index < -0.39 is 0 Å². The number of hydrogen-bond donors (Lipinski definition) is 2. The molecular formula is C20H24N2O2. The van der Waals surface area contributed by atoms with Crippen molar-refractivity contribution in [1.82, 2.24) is 5.32 Å². The van der Waals surface area contributed by atoms with Gasteiger partial charge >= 0.3 is 0 Å². The molecule has 1 aliphatic rings. The molecule has 4 nitrogen and oxygen atoms in total. The number of carbonyl (C=O) groups excluding carboxylic acids is 1. The van der Waals surface area contributed by atoms with Crippen LogP contribution < -0.4 is 15.4 Å². The first-order valence-corrected chi connectivity index (χ1v) is 8.40. The van der Waals surface area contributed by atoms with Gasteiger partial charge in [0.15, 0.2) is 0 Å². The van der Waals surface area contributed by atoms with E-state index in [0.29, 0.717) is 12.0 Å². The highest BCUT2D eigenvalue weighted by molar-refractivity contribution is 5.88. The third kappa shape index (κ3) is 3.95. The van der Waals surface area contributed by atoms with Gasteiger partial charge in [0, 0.05) is 18.7 Å². The van der Waals surface area contributed by atoms with Crippen LogP contribution in [-0.4, -0.2) is 19.6 Å². The minimum Gasteiger partial charge on any atom is -0.497 e. The van der Waals surface area contributed by atoms with Crippen LogP contribution in [0.1, 0.15) is 42.9 Å². The van der Waals surface area contributed by atoms with Crippen molar-refractivity contribution >= 4 is 11.6 Å². The molecule has 2 N–H and O–H groups in total. The van der Waals surface area contributed by atoms with Gasteiger partial charge in [-0.15, -0.1) is 0 Å². The van der Waals surface area contributed by atoms with Crippen LogP contribution in [0.2, 0.25) is 0 Å². The Bertz CT molecular complexity index is 697. The van der Waals surface area contributed by atoms with Crippen LogP contribution in [-0.2, 0) is 4.79 Å². The smallest absolute Gasteiger partial charge is 0.221 e. The summed E-state index contributed by atoms with van der Waals surface area (Å²) in [7, 11) is 1.69. The molecule has 0 radical (unpaired) electrons. The van der Waals surface area contributed by atoms with Gasteiger partial charge in [-0.25, -0.2) is 0 Å². The van der Waals surface area contributed by atoms with E-state index in [9.17, 15) is 4.79 Å². The van der Waals surface area contributed by atoms with Gasteiger partial charge in [-0.1, -0.05) is 24.3 Å². The van der Waals surface area contributed by atoms with E-state index in [1.165, 1.54) is 18.1 Å². The Hall–Kier alpha value is -2.33. The topological polar surface area (TPSA) is 50.4 Å². The fourth-order valence-corrected chi connectivity index (χ4v) is 3.38. The van der Waals surface area contributed by atoms with Crippen LogP contribution in [0.25, 0.3) is 0 Å². The van der Waals surface area contributed by atoms with Crippen molar-refractivity contribution in [3.63, 3.8) is 0 Å². The molecule has 0 bridgehead atoms. The third-order valence-corrected chi connectivity index (χ3v) is 4.60. The quantitative estimate of drug-likeness (QED) is 0.898. The summed E-state index contributed by atoms with van der Waals surface area (Å²) in [5.41, 5.74) is 3.46. The lowest BCUT2D eigenvalue weighted by Gasteiger charge is -2.31. The molecular weight excluding hydrogens is 300 g/mol. The Morgan fingerprint density at radius 2 is 1.96 bits per heavy atom. The first kappa shape index (κ1) is 16.5. The Kier molecular flexibility index (Phi) is 5.16. The van der Waals surface area contributed by atoms with Crippen LogP contribution in [0.3, 0.4) is 0 Å². The van der Waals surface area contributed by atoms with Gasteiger partial charge < -0.3 is 15.4 Å². The lowest BCUT2D eigenvalue weighted by molar-refractivity contribution is -0.114. The molecule has 1 aliphatic heterocycles. The zero-order chi connectivity index (χ0) is 16.9. The van der Waals surface area contributed by atoms with Crippen LogP contribution in [0.4, 0.5) is 5.69 Å². The number of carbonyl (C=O) groups is 1. The molecule has 2 aromatic rings. The number of benzene rings is 2. The minimum absolute atomic E-state index is 0.0337. The number of ether oxygens (including phenoxy) is 1. The van der Waals surface area contributed by atoms with Gasteiger partial charge in [-0.05, 0) is 60.7 Å². The van der Waals surface area contributed by atoms with E-state index in [0.717, 1.165) is 30.8 Å². The molecule has 2 unspecified atom stereocenters. The Labute approximate surface area is 143 Å². The highest BCUT2D eigenvalue weighted by atomic mass is 16.5. The standard InChI is InChI=1S/C20H24N2O2/c1-14(23)22-18-5-3-4-16(12-18)17-10-11-21-20(13-17)15-6-8-19(24-2)9-7-15/h3-9,12,17,20-21H,10-11,13H2,1-2H3,(H,22,23). The van der Waals surface area contributed by atoms with Gasteiger partial charge in [0.25, 0.3) is 0 Å². The van der Waals surface area contributed by atoms with Gasteiger partial charge in [0.2, 0.25) is 5.91 Å². The molecule has 4 heteroatoms. The van der Waals surface area contributed by atoms with E-state index in [2.05, 4.69) is 34.9 Å². The molecule has 1 heterocycles. The van der Waals surface area contributed by atoms with Crippen LogP contribution in [0.15, 0.2) is 48.5 Å². The van der Waals surface area contributed by atoms with Gasteiger partial charge in [-0.3, -0.25) is 4.79 Å². The second kappa shape index (κ2) is 7.49. The molecule has 0 aromatic heterocycles. The summed E-state index contributed by atoms with van der Waals surface area (Å²) in [6.45, 7) is 2.53. The van der Waals surface area contributed by atoms with E-state index in [4.69, 9.17) is 4.74 Å². The Morgan fingerprint density at radius 3 is 2.67 bits per heavy atom. The number of rotatable bonds is 4. The van der Waals surface area contributed by atoms with Crippen molar-refractivity contribution in [1.29, 1.82) is 0 Å². The van der Waals surface area contributed by atoms with E-state index >= 15 is 0 Å². The highest BCUT2D eigenvalue weighted by Crippen LogP contribution is 2.35. The molecule has 0 saturated carbocycles. The Balaban J connectivity index is 1.74. The molecule has 126 valence electrons. The summed E-state index contributed by atoms with van der Waals surface area (Å²) in [6, 6.07) is 16.8. The normalized spacial score (nSPS) is 20.4. The predicted molar refractivity (Wildman–Crippen MR) is 96.5 cm³/mol. The summed E-state index contributed by atoms with van der Waals surface area (Å²) in [5, 5.41) is 6.48. The fourth-order valence-electron chi connectivity index (χ4n) is 3.38. The molecule has 1 saturated heterocycles. The average Bonchev–Trinajstić information content (AvgIpc) is 2.62. The maximum absolute atomic E-state index is 11.3. The number of methoxy groups -OCH3 is 1. The van der Waals surface area contributed by atoms with Crippen molar-refractivity contribution in [3.05, 3.63) is 59.7 Å². The largest absolute Gasteiger partial charge is 0.497 e. The molecule has 0 spiro atoms. The van der Waals surface area contributed by atoms with Gasteiger partial charge in [-0.2, -0.15) is 0 Å². The number of nitrogens with one attached hydrogen (secondary N) is 2. The maximum atomic E-state index is 11.3. The fraction of sp³-hybridized carbons (Fsp3) is 0.350. The Morgan fingerprint density at radius 1 is 1.17 bits per heavy atom. The first-order chi connectivity index (χ1) is 11.7. The average molecular weight is 324 g/mol. The van der Waals surface area contributed by atoms with Crippen molar-refractivity contribution in [2.45, 2.75) is 31.7 Å². The van der Waals surface area contributed by atoms with Crippen molar-refractivity contribution in [2.24, 2.45) is 0 Å². The van der Waals surface area contributed by atoms with E-state index in [-0.39, 0.29) is 5.91 Å². The lowest BCUT2D eigenvalue weighted by atomic mass is 9.84. The number of anilines is 1. The summed E-state index contributed by atoms with van der Waals surface area (Å²) in [4.78, 5) is 11.3. The number of amides is 1. The molecule has 2 atom stereocenters. The van der Waals surface area contributed by atoms with Crippen LogP contribution >= 0.6 is 0 Å². The zero-order valence-corrected chi connectivity index (χ0v) is 14.2. The second-order valence-corrected chi connectivity index (χ2v) is 6.31. The third-order valence-electron chi connectivity index (χ3n) is 4.60. The molecule has 3 rings (SSSR count). The summed E-state index contributed by atoms with van der Waals surface area (Å²) < 4.78 is 5.24. The first-order valence-electron chi connectivity index (χ1n) is 8.40. The summed E-state index contributed by atoms with van der Waals surface area (Å²) in [6.07, 6.45) is 2.16. The predicted octanol–water partition coefficient (Wildman–Crippen LogP) is 3.86. The summed E-state index contributed by atoms with van der Waals surface area (Å²) >= 11 is 0. The van der Waals surface area contributed by atoms with Gasteiger partial charge in [0.1, 0.15) is 5.75 Å². The second-order valence-electron chi connectivity index (χ2n) is 6.31. The molecule has 1 fully saturated rings. The van der Waals surface area contributed by atoms with Crippen molar-refractivity contribution in [3.8, 4) is 5.75 Å². The van der Waals surface area contributed by atoms with E-state index in [1.807, 2.05) is 24.3 Å². The molecule has 0 aliphatic carbocycles. The SMILES string of the molecule is COc1ccc(C2CC(c3cccc(NC(C)=O)c3)CCN2)cc1. The molecule has 2 aromatic carbocycles. The highest BCUT2D eigenvalue weighted by Gasteiger charge is 2.24. The number of piperidine rings is 1. The van der Waals surface area contributed by atoms with E-state index in [1.54, 1.807) is 7.11 Å².